The number of benzene rings is 1. The number of carbonyl (C=O) groups excluding carboxylic acids is 1. The third-order valence-corrected chi connectivity index (χ3v) is 4.78. The van der Waals surface area contributed by atoms with Crippen LogP contribution in [0, 0.1) is 11.7 Å². The van der Waals surface area contributed by atoms with Crippen molar-refractivity contribution in [2.24, 2.45) is 5.92 Å². The number of pyridine rings is 1. The van der Waals surface area contributed by atoms with Gasteiger partial charge in [-0.15, -0.1) is 0 Å². The van der Waals surface area contributed by atoms with Gasteiger partial charge >= 0.3 is 0 Å². The third-order valence-electron chi connectivity index (χ3n) is 4.78. The SMILES string of the molecule is COc1ccc(-c2cc(NC(=O)C3CCCCC3)ncc2F)c(OC)c1. The lowest BCUT2D eigenvalue weighted by Crippen LogP contribution is -2.25. The molecule has 1 aromatic heterocycles. The minimum absolute atomic E-state index is 0.00887. The van der Waals surface area contributed by atoms with Crippen molar-refractivity contribution in [2.75, 3.05) is 19.5 Å². The molecule has 0 bridgehead atoms. The summed E-state index contributed by atoms with van der Waals surface area (Å²) in [7, 11) is 3.07. The minimum Gasteiger partial charge on any atom is -0.497 e. The van der Waals surface area contributed by atoms with Crippen LogP contribution in [0.15, 0.2) is 30.5 Å². The molecule has 138 valence electrons. The maximum absolute atomic E-state index is 14.4. The average molecular weight is 358 g/mol. The molecule has 1 amide bonds. The molecule has 1 N–H and O–H groups in total. The summed E-state index contributed by atoms with van der Waals surface area (Å²) < 4.78 is 24.9. The topological polar surface area (TPSA) is 60.5 Å². The number of carbonyl (C=O) groups is 1. The summed E-state index contributed by atoms with van der Waals surface area (Å²) in [5, 5.41) is 2.83. The Labute approximate surface area is 152 Å². The van der Waals surface area contributed by atoms with E-state index >= 15 is 0 Å². The Hall–Kier alpha value is -2.63. The van der Waals surface area contributed by atoms with Gasteiger partial charge in [-0.3, -0.25) is 4.79 Å². The number of nitrogens with zero attached hydrogens (tertiary/aromatic N) is 1. The highest BCUT2D eigenvalue weighted by molar-refractivity contribution is 5.92. The van der Waals surface area contributed by atoms with Crippen molar-refractivity contribution in [3.63, 3.8) is 0 Å². The van der Waals surface area contributed by atoms with Crippen LogP contribution in [0.2, 0.25) is 0 Å². The van der Waals surface area contributed by atoms with E-state index in [0.29, 0.717) is 28.4 Å². The Morgan fingerprint density at radius 3 is 2.58 bits per heavy atom. The zero-order chi connectivity index (χ0) is 18.5. The van der Waals surface area contributed by atoms with Gasteiger partial charge in [-0.05, 0) is 31.0 Å². The van der Waals surface area contributed by atoms with Crippen molar-refractivity contribution >= 4 is 11.7 Å². The van der Waals surface area contributed by atoms with Crippen LogP contribution >= 0.6 is 0 Å². The molecule has 1 saturated carbocycles. The molecule has 0 radical (unpaired) electrons. The van der Waals surface area contributed by atoms with Crippen LogP contribution in [0.5, 0.6) is 11.5 Å². The number of anilines is 1. The van der Waals surface area contributed by atoms with Crippen molar-refractivity contribution < 1.29 is 18.7 Å². The number of amides is 1. The van der Waals surface area contributed by atoms with Crippen molar-refractivity contribution in [3.8, 4) is 22.6 Å². The van der Waals surface area contributed by atoms with Gasteiger partial charge in [0, 0.05) is 23.1 Å². The molecule has 1 fully saturated rings. The quantitative estimate of drug-likeness (QED) is 0.859. The number of aromatic nitrogens is 1. The van der Waals surface area contributed by atoms with Crippen molar-refractivity contribution in [1.82, 2.24) is 4.98 Å². The Bertz CT molecular complexity index is 789. The second-order valence-corrected chi connectivity index (χ2v) is 6.44. The zero-order valence-corrected chi connectivity index (χ0v) is 15.0. The van der Waals surface area contributed by atoms with Crippen molar-refractivity contribution in [3.05, 3.63) is 36.3 Å². The first kappa shape index (κ1) is 18.2. The van der Waals surface area contributed by atoms with Crippen LogP contribution < -0.4 is 14.8 Å². The molecular weight excluding hydrogens is 335 g/mol. The van der Waals surface area contributed by atoms with Gasteiger partial charge in [0.2, 0.25) is 5.91 Å². The van der Waals surface area contributed by atoms with Gasteiger partial charge in [-0.1, -0.05) is 19.3 Å². The first-order valence-corrected chi connectivity index (χ1v) is 8.81. The number of nitrogens with one attached hydrogen (secondary N) is 1. The second kappa shape index (κ2) is 8.17. The molecule has 3 rings (SSSR count). The number of hydrogen-bond donors (Lipinski definition) is 1. The largest absolute Gasteiger partial charge is 0.497 e. The van der Waals surface area contributed by atoms with E-state index in [-0.39, 0.29) is 11.8 Å². The maximum Gasteiger partial charge on any atom is 0.228 e. The molecule has 0 aliphatic heterocycles. The van der Waals surface area contributed by atoms with Crippen LogP contribution in [0.4, 0.5) is 10.2 Å². The molecule has 0 saturated heterocycles. The smallest absolute Gasteiger partial charge is 0.228 e. The third kappa shape index (κ3) is 3.95. The van der Waals surface area contributed by atoms with Gasteiger partial charge in [0.25, 0.3) is 0 Å². The summed E-state index contributed by atoms with van der Waals surface area (Å²) in [6.45, 7) is 0. The van der Waals surface area contributed by atoms with Crippen LogP contribution in [0.1, 0.15) is 32.1 Å². The van der Waals surface area contributed by atoms with Gasteiger partial charge in [-0.25, -0.2) is 9.37 Å². The predicted octanol–water partition coefficient (Wildman–Crippen LogP) is 4.42. The minimum atomic E-state index is -0.482. The molecule has 0 atom stereocenters. The lowest BCUT2D eigenvalue weighted by Gasteiger charge is -2.20. The van der Waals surface area contributed by atoms with E-state index in [1.54, 1.807) is 31.4 Å². The highest BCUT2D eigenvalue weighted by atomic mass is 19.1. The maximum atomic E-state index is 14.4. The normalized spacial score (nSPS) is 14.7. The summed E-state index contributed by atoms with van der Waals surface area (Å²) in [6, 6.07) is 6.69. The monoisotopic (exact) mass is 358 g/mol. The Balaban J connectivity index is 1.87. The molecule has 26 heavy (non-hydrogen) atoms. The Kier molecular flexibility index (Phi) is 5.71. The number of hydrogen-bond acceptors (Lipinski definition) is 4. The summed E-state index contributed by atoms with van der Waals surface area (Å²) >= 11 is 0. The van der Waals surface area contributed by atoms with Crippen molar-refractivity contribution in [2.45, 2.75) is 32.1 Å². The van der Waals surface area contributed by atoms with Gasteiger partial charge in [0.15, 0.2) is 0 Å². The van der Waals surface area contributed by atoms with Crippen LogP contribution in [0.3, 0.4) is 0 Å². The van der Waals surface area contributed by atoms with E-state index in [4.69, 9.17) is 9.47 Å². The summed E-state index contributed by atoms with van der Waals surface area (Å²) in [4.78, 5) is 16.4. The molecular formula is C20H23FN2O3. The molecule has 1 aliphatic carbocycles. The Morgan fingerprint density at radius 2 is 1.88 bits per heavy atom. The average Bonchev–Trinajstić information content (AvgIpc) is 2.69. The van der Waals surface area contributed by atoms with E-state index < -0.39 is 5.82 Å². The second-order valence-electron chi connectivity index (χ2n) is 6.44. The predicted molar refractivity (Wildman–Crippen MR) is 97.9 cm³/mol. The summed E-state index contributed by atoms with van der Waals surface area (Å²) in [5.41, 5.74) is 0.889. The fourth-order valence-electron chi connectivity index (χ4n) is 3.33. The van der Waals surface area contributed by atoms with E-state index in [0.717, 1.165) is 31.9 Å². The van der Waals surface area contributed by atoms with Gasteiger partial charge < -0.3 is 14.8 Å². The Morgan fingerprint density at radius 1 is 1.12 bits per heavy atom. The lowest BCUT2D eigenvalue weighted by atomic mass is 9.89. The van der Waals surface area contributed by atoms with Crippen LogP contribution in [0.25, 0.3) is 11.1 Å². The molecule has 5 nitrogen and oxygen atoms in total. The molecule has 2 aromatic rings. The molecule has 1 aliphatic rings. The number of ether oxygens (including phenoxy) is 2. The van der Waals surface area contributed by atoms with Crippen LogP contribution in [-0.2, 0) is 4.79 Å². The van der Waals surface area contributed by atoms with Crippen molar-refractivity contribution in [1.29, 1.82) is 0 Å². The first-order valence-electron chi connectivity index (χ1n) is 8.81. The molecule has 1 aromatic carbocycles. The lowest BCUT2D eigenvalue weighted by molar-refractivity contribution is -0.120. The molecule has 1 heterocycles. The first-order chi connectivity index (χ1) is 12.6. The fourth-order valence-corrected chi connectivity index (χ4v) is 3.33. The number of halogens is 1. The summed E-state index contributed by atoms with van der Waals surface area (Å²) in [6.07, 6.45) is 6.24. The summed E-state index contributed by atoms with van der Waals surface area (Å²) in [5.74, 6) is 0.926. The standard InChI is InChI=1S/C20H23FN2O3/c1-25-14-8-9-15(18(10-14)26-2)16-11-19(22-12-17(16)21)23-20(24)13-6-4-3-5-7-13/h8-13H,3-7H2,1-2H3,(H,22,23,24). The fraction of sp³-hybridized carbons (Fsp3) is 0.400. The van der Waals surface area contributed by atoms with E-state index in [9.17, 15) is 9.18 Å². The van der Waals surface area contributed by atoms with E-state index in [1.807, 2.05) is 0 Å². The van der Waals surface area contributed by atoms with Gasteiger partial charge in [0.05, 0.1) is 20.4 Å². The van der Waals surface area contributed by atoms with Gasteiger partial charge in [-0.2, -0.15) is 0 Å². The number of rotatable bonds is 5. The van der Waals surface area contributed by atoms with Gasteiger partial charge in [0.1, 0.15) is 23.1 Å². The molecule has 6 heteroatoms. The molecule has 0 unspecified atom stereocenters. The number of methoxy groups -OCH3 is 2. The van der Waals surface area contributed by atoms with E-state index in [1.165, 1.54) is 13.5 Å². The highest BCUT2D eigenvalue weighted by Crippen LogP contribution is 2.35. The van der Waals surface area contributed by atoms with Crippen LogP contribution in [-0.4, -0.2) is 25.1 Å². The highest BCUT2D eigenvalue weighted by Gasteiger charge is 2.22. The molecule has 0 spiro atoms. The zero-order valence-electron chi connectivity index (χ0n) is 15.0. The van der Waals surface area contributed by atoms with E-state index in [2.05, 4.69) is 10.3 Å².